The number of methoxy groups -OCH3 is 1. The summed E-state index contributed by atoms with van der Waals surface area (Å²) in [5, 5.41) is 0. The van der Waals surface area contributed by atoms with Gasteiger partial charge in [-0.2, -0.15) is 0 Å². The molecule has 0 unspecified atom stereocenters. The first-order valence-electron chi connectivity index (χ1n) is 6.47. The summed E-state index contributed by atoms with van der Waals surface area (Å²) >= 11 is 0. The predicted octanol–water partition coefficient (Wildman–Crippen LogP) is 2.22. The highest BCUT2D eigenvalue weighted by Gasteiger charge is 2.45. The Labute approximate surface area is 111 Å². The molecule has 1 amide bonds. The van der Waals surface area contributed by atoms with Crippen molar-refractivity contribution in [2.45, 2.75) is 53.1 Å². The Morgan fingerprint density at radius 3 is 2.28 bits per heavy atom. The van der Waals surface area contributed by atoms with Crippen LogP contribution in [0.2, 0.25) is 0 Å². The lowest BCUT2D eigenvalue weighted by Crippen LogP contribution is -2.45. The lowest BCUT2D eigenvalue weighted by Gasteiger charge is -2.32. The third-order valence-corrected chi connectivity index (χ3v) is 3.50. The second-order valence-corrected chi connectivity index (χ2v) is 5.87. The third-order valence-electron chi connectivity index (χ3n) is 3.50. The number of carbonyl (C=O) groups is 1. The third kappa shape index (κ3) is 2.53. The Morgan fingerprint density at radius 1 is 1.39 bits per heavy atom. The Kier molecular flexibility index (Phi) is 4.43. The molecule has 4 heteroatoms. The molecule has 0 bridgehead atoms. The normalized spacial score (nSPS) is 18.8. The van der Waals surface area contributed by atoms with E-state index in [9.17, 15) is 4.79 Å². The van der Waals surface area contributed by atoms with Crippen LogP contribution in [0.5, 0.6) is 0 Å². The molecule has 0 aliphatic carbocycles. The lowest BCUT2D eigenvalue weighted by molar-refractivity contribution is -0.138. The minimum Gasteiger partial charge on any atom is -0.375 e. The van der Waals surface area contributed by atoms with Crippen LogP contribution in [0.4, 0.5) is 0 Å². The first-order chi connectivity index (χ1) is 8.23. The largest absolute Gasteiger partial charge is 0.375 e. The van der Waals surface area contributed by atoms with Crippen LogP contribution in [-0.2, 0) is 9.53 Å². The van der Waals surface area contributed by atoms with E-state index in [2.05, 4.69) is 46.4 Å². The molecule has 0 radical (unpaired) electrons. The van der Waals surface area contributed by atoms with Gasteiger partial charge in [0, 0.05) is 18.8 Å². The number of nitrogens with zero attached hydrogens (tertiary/aromatic N) is 2. The smallest absolute Gasteiger partial charge is 0.250 e. The maximum atomic E-state index is 12.1. The molecule has 18 heavy (non-hydrogen) atoms. The van der Waals surface area contributed by atoms with Gasteiger partial charge < -0.3 is 14.5 Å². The van der Waals surface area contributed by atoms with E-state index in [0.29, 0.717) is 12.7 Å². The van der Waals surface area contributed by atoms with Crippen LogP contribution in [0.15, 0.2) is 11.3 Å². The van der Waals surface area contributed by atoms with Crippen molar-refractivity contribution in [1.29, 1.82) is 0 Å². The summed E-state index contributed by atoms with van der Waals surface area (Å²) in [7, 11) is 1.56. The summed E-state index contributed by atoms with van der Waals surface area (Å²) in [5.74, 6) is 0.0457. The average Bonchev–Trinajstić information content (AvgIpc) is 2.50. The first-order valence-corrected chi connectivity index (χ1v) is 6.47. The van der Waals surface area contributed by atoms with Gasteiger partial charge in [-0.1, -0.05) is 5.57 Å². The number of rotatable bonds is 3. The second kappa shape index (κ2) is 5.31. The summed E-state index contributed by atoms with van der Waals surface area (Å²) in [4.78, 5) is 16.3. The molecule has 1 aliphatic rings. The van der Waals surface area contributed by atoms with Gasteiger partial charge >= 0.3 is 0 Å². The van der Waals surface area contributed by atoms with Gasteiger partial charge in [-0.15, -0.1) is 0 Å². The Hall–Kier alpha value is -1.03. The molecular formula is C14H26N2O2. The fraction of sp³-hybridized carbons (Fsp3) is 0.786. The second-order valence-electron chi connectivity index (χ2n) is 5.87. The first kappa shape index (κ1) is 15.0. The van der Waals surface area contributed by atoms with E-state index in [0.717, 1.165) is 0 Å². The van der Waals surface area contributed by atoms with Crippen LogP contribution in [-0.4, -0.2) is 47.7 Å². The highest BCUT2D eigenvalue weighted by atomic mass is 16.5. The monoisotopic (exact) mass is 254 g/mol. The summed E-state index contributed by atoms with van der Waals surface area (Å²) in [5.41, 5.74) is 2.25. The molecule has 1 aliphatic heterocycles. The Balaban J connectivity index is 3.13. The maximum absolute atomic E-state index is 12.1. The van der Waals surface area contributed by atoms with Crippen LogP contribution < -0.4 is 0 Å². The van der Waals surface area contributed by atoms with E-state index in [4.69, 9.17) is 4.74 Å². The number of allylic oxidation sites excluding steroid dienone is 1. The highest BCUT2D eigenvalue weighted by Crippen LogP contribution is 2.37. The standard InChI is InChI=1S/C14H26N2O2/c1-10(2)13-14(5,6)16(12(17)8-18-7)9-15(13)11(3)4/h11H,8-9H2,1-7H3. The van der Waals surface area contributed by atoms with E-state index in [1.54, 1.807) is 7.11 Å². The number of hydrogen-bond donors (Lipinski definition) is 0. The summed E-state index contributed by atoms with van der Waals surface area (Å²) in [6.07, 6.45) is 0. The summed E-state index contributed by atoms with van der Waals surface area (Å²) < 4.78 is 4.98. The minimum atomic E-state index is -0.265. The Morgan fingerprint density at radius 2 is 1.94 bits per heavy atom. The molecule has 0 N–H and O–H groups in total. The molecule has 0 spiro atoms. The van der Waals surface area contributed by atoms with Gasteiger partial charge in [-0.3, -0.25) is 4.79 Å². The molecule has 1 rings (SSSR count). The van der Waals surface area contributed by atoms with Crippen molar-refractivity contribution in [3.8, 4) is 0 Å². The summed E-state index contributed by atoms with van der Waals surface area (Å²) in [6, 6.07) is 0.384. The number of ether oxygens (including phenoxy) is 1. The van der Waals surface area contributed by atoms with Gasteiger partial charge in [-0.05, 0) is 41.5 Å². The number of amides is 1. The lowest BCUT2D eigenvalue weighted by atomic mass is 9.96. The topological polar surface area (TPSA) is 32.8 Å². The fourth-order valence-electron chi connectivity index (χ4n) is 2.79. The van der Waals surface area contributed by atoms with Crippen molar-refractivity contribution in [2.24, 2.45) is 0 Å². The van der Waals surface area contributed by atoms with Crippen molar-refractivity contribution in [1.82, 2.24) is 9.80 Å². The zero-order valence-electron chi connectivity index (χ0n) is 12.7. The van der Waals surface area contributed by atoms with E-state index in [1.165, 1.54) is 11.3 Å². The van der Waals surface area contributed by atoms with Crippen molar-refractivity contribution in [3.05, 3.63) is 11.3 Å². The number of carbonyl (C=O) groups excluding carboxylic acids is 1. The van der Waals surface area contributed by atoms with Gasteiger partial charge in [0.1, 0.15) is 6.61 Å². The highest BCUT2D eigenvalue weighted by molar-refractivity contribution is 5.79. The average molecular weight is 254 g/mol. The molecule has 1 saturated heterocycles. The van der Waals surface area contributed by atoms with Crippen LogP contribution >= 0.6 is 0 Å². The summed E-state index contributed by atoms with van der Waals surface area (Å²) in [6.45, 7) is 13.5. The van der Waals surface area contributed by atoms with Crippen LogP contribution in [0.3, 0.4) is 0 Å². The predicted molar refractivity (Wildman–Crippen MR) is 73.0 cm³/mol. The van der Waals surface area contributed by atoms with Gasteiger partial charge in [-0.25, -0.2) is 0 Å². The molecule has 0 aromatic carbocycles. The zero-order chi connectivity index (χ0) is 14.1. The van der Waals surface area contributed by atoms with E-state index < -0.39 is 0 Å². The maximum Gasteiger partial charge on any atom is 0.250 e. The fourth-order valence-corrected chi connectivity index (χ4v) is 2.79. The van der Waals surface area contributed by atoms with E-state index in [-0.39, 0.29) is 18.1 Å². The van der Waals surface area contributed by atoms with Crippen LogP contribution in [0.1, 0.15) is 41.5 Å². The van der Waals surface area contributed by atoms with Crippen molar-refractivity contribution < 1.29 is 9.53 Å². The number of hydrogen-bond acceptors (Lipinski definition) is 3. The zero-order valence-corrected chi connectivity index (χ0v) is 12.7. The minimum absolute atomic E-state index is 0.0457. The molecule has 4 nitrogen and oxygen atoms in total. The SMILES string of the molecule is COCC(=O)N1CN(C(C)C)C(=C(C)C)C1(C)C. The van der Waals surface area contributed by atoms with Gasteiger partial charge in [0.15, 0.2) is 0 Å². The van der Waals surface area contributed by atoms with E-state index in [1.807, 2.05) is 4.90 Å². The quantitative estimate of drug-likeness (QED) is 0.774. The van der Waals surface area contributed by atoms with Gasteiger partial charge in [0.05, 0.1) is 12.2 Å². The van der Waals surface area contributed by atoms with Gasteiger partial charge in [0.25, 0.3) is 5.91 Å². The molecule has 0 aromatic rings. The van der Waals surface area contributed by atoms with Gasteiger partial charge in [0.2, 0.25) is 0 Å². The molecule has 1 heterocycles. The molecule has 0 aromatic heterocycles. The van der Waals surface area contributed by atoms with Crippen molar-refractivity contribution >= 4 is 5.91 Å². The van der Waals surface area contributed by atoms with Crippen LogP contribution in [0, 0.1) is 0 Å². The molecule has 1 fully saturated rings. The van der Waals surface area contributed by atoms with Crippen molar-refractivity contribution in [2.75, 3.05) is 20.4 Å². The van der Waals surface area contributed by atoms with E-state index >= 15 is 0 Å². The van der Waals surface area contributed by atoms with Crippen molar-refractivity contribution in [3.63, 3.8) is 0 Å². The Bertz CT molecular complexity index is 355. The molecule has 0 saturated carbocycles. The molecule has 104 valence electrons. The molecular weight excluding hydrogens is 228 g/mol. The van der Waals surface area contributed by atoms with Crippen LogP contribution in [0.25, 0.3) is 0 Å². The molecule has 0 atom stereocenters.